The molecule has 0 spiro atoms. The molecule has 36 heavy (non-hydrogen) atoms. The second kappa shape index (κ2) is 10.1. The molecule has 1 aliphatic heterocycles. The molecule has 0 amide bonds. The number of halogens is 1. The van der Waals surface area contributed by atoms with Gasteiger partial charge in [0.15, 0.2) is 0 Å². The van der Waals surface area contributed by atoms with E-state index in [1.807, 2.05) is 17.0 Å². The lowest BCUT2D eigenvalue weighted by Crippen LogP contribution is -2.36. The van der Waals surface area contributed by atoms with Crippen molar-refractivity contribution < 1.29 is 17.5 Å². The molecule has 188 valence electrons. The Morgan fingerprint density at radius 2 is 1.89 bits per heavy atom. The van der Waals surface area contributed by atoms with Crippen LogP contribution in [0.15, 0.2) is 54.7 Å². The molecule has 0 atom stereocenters. The van der Waals surface area contributed by atoms with Gasteiger partial charge in [0.25, 0.3) is 0 Å². The highest BCUT2D eigenvalue weighted by Crippen LogP contribution is 2.29. The number of fused-ring (bicyclic) bond motifs is 1. The molecular formula is C24H26FN7O3S. The van der Waals surface area contributed by atoms with Crippen molar-refractivity contribution >= 4 is 49.9 Å². The molecule has 0 bridgehead atoms. The zero-order valence-corrected chi connectivity index (χ0v) is 20.4. The van der Waals surface area contributed by atoms with Crippen LogP contribution in [0, 0.1) is 5.82 Å². The fourth-order valence-electron chi connectivity index (χ4n) is 4.04. The molecule has 1 fully saturated rings. The minimum atomic E-state index is -3.47. The maximum absolute atomic E-state index is 14.9. The number of hydrogen-bond donors (Lipinski definition) is 4. The summed E-state index contributed by atoms with van der Waals surface area (Å²) in [4.78, 5) is 14.1. The first-order valence-corrected chi connectivity index (χ1v) is 13.1. The van der Waals surface area contributed by atoms with Gasteiger partial charge in [-0.25, -0.2) is 17.5 Å². The number of nitrogens with one attached hydrogen (secondary N) is 4. The summed E-state index contributed by atoms with van der Waals surface area (Å²) >= 11 is 0. The van der Waals surface area contributed by atoms with Gasteiger partial charge in [0.2, 0.25) is 16.0 Å². The molecular weight excluding hydrogens is 485 g/mol. The van der Waals surface area contributed by atoms with Crippen LogP contribution in [0.4, 0.5) is 33.2 Å². The number of benzene rings is 2. The quantitative estimate of drug-likeness (QED) is 0.284. The van der Waals surface area contributed by atoms with Gasteiger partial charge in [0, 0.05) is 30.7 Å². The third kappa shape index (κ3) is 5.25. The van der Waals surface area contributed by atoms with Crippen LogP contribution < -0.4 is 20.3 Å². The molecule has 4 N–H and O–H groups in total. The van der Waals surface area contributed by atoms with Crippen molar-refractivity contribution in [3.63, 3.8) is 0 Å². The smallest absolute Gasteiger partial charge is 0.231 e. The number of ether oxygens (including phenoxy) is 1. The Balaban J connectivity index is 1.43. The second-order valence-electron chi connectivity index (χ2n) is 8.27. The molecule has 10 nitrogen and oxygen atoms in total. The number of anilines is 5. The van der Waals surface area contributed by atoms with Crippen molar-refractivity contribution in [1.29, 1.82) is 0 Å². The van der Waals surface area contributed by atoms with Gasteiger partial charge in [-0.1, -0.05) is 18.2 Å². The number of morpholine rings is 1. The van der Waals surface area contributed by atoms with Crippen LogP contribution in [0.2, 0.25) is 0 Å². The van der Waals surface area contributed by atoms with E-state index in [-0.39, 0.29) is 17.5 Å². The average Bonchev–Trinajstić information content (AvgIpc) is 3.35. The highest BCUT2D eigenvalue weighted by Gasteiger charge is 2.17. The Bertz CT molecular complexity index is 1490. The van der Waals surface area contributed by atoms with Crippen LogP contribution in [0.3, 0.4) is 0 Å². The summed E-state index contributed by atoms with van der Waals surface area (Å²) in [6.45, 7) is 2.43. The number of hydrogen-bond acceptors (Lipinski definition) is 8. The number of aromatic nitrogens is 3. The Kier molecular flexibility index (Phi) is 6.72. The van der Waals surface area contributed by atoms with Gasteiger partial charge in [-0.15, -0.1) is 0 Å². The number of aromatic amines is 1. The van der Waals surface area contributed by atoms with Crippen LogP contribution >= 0.6 is 0 Å². The zero-order chi connectivity index (χ0) is 25.1. The molecule has 2 aromatic heterocycles. The van der Waals surface area contributed by atoms with Crippen molar-refractivity contribution in [2.24, 2.45) is 0 Å². The molecule has 3 heterocycles. The van der Waals surface area contributed by atoms with Crippen molar-refractivity contribution in [3.05, 3.63) is 66.1 Å². The van der Waals surface area contributed by atoms with E-state index in [1.165, 1.54) is 13.1 Å². The Morgan fingerprint density at radius 1 is 1.08 bits per heavy atom. The summed E-state index contributed by atoms with van der Waals surface area (Å²) in [7, 11) is -2.09. The highest BCUT2D eigenvalue weighted by molar-refractivity contribution is 7.88. The molecule has 12 heteroatoms. The first-order valence-electron chi connectivity index (χ1n) is 11.4. The van der Waals surface area contributed by atoms with Gasteiger partial charge in [-0.3, -0.25) is 0 Å². The second-order valence-corrected chi connectivity index (χ2v) is 10.2. The number of rotatable bonds is 8. The van der Waals surface area contributed by atoms with Crippen LogP contribution in [0.25, 0.3) is 11.0 Å². The van der Waals surface area contributed by atoms with Gasteiger partial charge in [-0.05, 0) is 42.9 Å². The van der Waals surface area contributed by atoms with E-state index in [9.17, 15) is 12.8 Å². The maximum atomic E-state index is 14.9. The molecule has 5 rings (SSSR count). The third-order valence-electron chi connectivity index (χ3n) is 5.90. The summed E-state index contributed by atoms with van der Waals surface area (Å²) in [5.41, 5.74) is 2.79. The number of para-hydroxylation sites is 1. The lowest BCUT2D eigenvalue weighted by atomic mass is 10.2. The van der Waals surface area contributed by atoms with Crippen molar-refractivity contribution in [1.82, 2.24) is 19.7 Å². The van der Waals surface area contributed by atoms with Crippen LogP contribution in [-0.2, 0) is 20.5 Å². The number of H-pyrrole nitrogens is 1. The van der Waals surface area contributed by atoms with Gasteiger partial charge in [-0.2, -0.15) is 9.97 Å². The largest absolute Gasteiger partial charge is 0.378 e. The zero-order valence-electron chi connectivity index (χ0n) is 19.6. The standard InChI is InChI=1S/C24H26FN7O3S/c1-26-36(33,34)15-16-4-2-3-5-20(16)29-23-18-8-9-27-22(18)30-24(31-23)28-17-6-7-21(19(25)14-17)32-10-12-35-13-11-32/h2-9,14,26H,10-13,15H2,1H3,(H3,27,28,29,30,31). The van der Waals surface area contributed by atoms with Crippen LogP contribution in [0.5, 0.6) is 0 Å². The van der Waals surface area contributed by atoms with Crippen LogP contribution in [-0.4, -0.2) is 56.7 Å². The van der Waals surface area contributed by atoms with Crippen LogP contribution in [0.1, 0.15) is 5.56 Å². The Labute approximate surface area is 208 Å². The van der Waals surface area contributed by atoms with E-state index >= 15 is 0 Å². The summed E-state index contributed by atoms with van der Waals surface area (Å²) in [6, 6.07) is 13.9. The third-order valence-corrected chi connectivity index (χ3v) is 7.21. The van der Waals surface area contributed by atoms with E-state index in [0.717, 1.165) is 5.39 Å². The average molecular weight is 512 g/mol. The minimum absolute atomic E-state index is 0.187. The van der Waals surface area contributed by atoms with E-state index in [4.69, 9.17) is 4.74 Å². The summed E-state index contributed by atoms with van der Waals surface area (Å²) < 4.78 is 46.8. The van der Waals surface area contributed by atoms with E-state index in [2.05, 4.69) is 30.3 Å². The molecule has 4 aromatic rings. The summed E-state index contributed by atoms with van der Waals surface area (Å²) in [5.74, 6) is 0.198. The number of sulfonamides is 1. The lowest BCUT2D eigenvalue weighted by molar-refractivity contribution is 0.122. The minimum Gasteiger partial charge on any atom is -0.378 e. The molecule has 0 radical (unpaired) electrons. The fraction of sp³-hybridized carbons (Fsp3) is 0.250. The lowest BCUT2D eigenvalue weighted by Gasteiger charge is -2.29. The Hall–Kier alpha value is -3.74. The topological polar surface area (TPSA) is 124 Å². The normalized spacial score (nSPS) is 14.2. The van der Waals surface area contributed by atoms with E-state index < -0.39 is 10.0 Å². The van der Waals surface area contributed by atoms with E-state index in [0.29, 0.717) is 60.4 Å². The predicted molar refractivity (Wildman–Crippen MR) is 138 cm³/mol. The van der Waals surface area contributed by atoms with Gasteiger partial charge < -0.3 is 25.3 Å². The van der Waals surface area contributed by atoms with E-state index in [1.54, 1.807) is 36.5 Å². The van der Waals surface area contributed by atoms with Crippen molar-refractivity contribution in [2.45, 2.75) is 5.75 Å². The molecule has 0 aliphatic carbocycles. The molecule has 0 unspecified atom stereocenters. The van der Waals surface area contributed by atoms with Crippen molar-refractivity contribution in [3.8, 4) is 0 Å². The summed E-state index contributed by atoms with van der Waals surface area (Å²) in [5, 5.41) is 7.04. The molecule has 2 aromatic carbocycles. The monoisotopic (exact) mass is 511 g/mol. The van der Waals surface area contributed by atoms with Crippen molar-refractivity contribution in [2.75, 3.05) is 48.9 Å². The summed E-state index contributed by atoms with van der Waals surface area (Å²) in [6.07, 6.45) is 1.74. The highest BCUT2D eigenvalue weighted by atomic mass is 32.2. The first kappa shape index (κ1) is 24.0. The van der Waals surface area contributed by atoms with Gasteiger partial charge >= 0.3 is 0 Å². The number of nitrogens with zero attached hydrogens (tertiary/aromatic N) is 3. The molecule has 0 saturated carbocycles. The van der Waals surface area contributed by atoms with Gasteiger partial charge in [0.1, 0.15) is 17.3 Å². The fourth-order valence-corrected chi connectivity index (χ4v) is 4.84. The van der Waals surface area contributed by atoms with Gasteiger partial charge in [0.05, 0.1) is 30.0 Å². The molecule has 1 saturated heterocycles. The molecule has 1 aliphatic rings. The predicted octanol–water partition coefficient (Wildman–Crippen LogP) is 3.47. The SMILES string of the molecule is CNS(=O)(=O)Cc1ccccc1Nc1nc(Nc2ccc(N3CCOCC3)c(F)c2)nc2[nH]ccc12. The maximum Gasteiger partial charge on any atom is 0.231 e. The Morgan fingerprint density at radius 3 is 2.67 bits per heavy atom. The first-order chi connectivity index (χ1) is 17.4.